The summed E-state index contributed by atoms with van der Waals surface area (Å²) in [6, 6.07) is 5.74. The van der Waals surface area contributed by atoms with Crippen LogP contribution in [0.3, 0.4) is 0 Å². The minimum Gasteiger partial charge on any atom is -0.475 e. The number of hydrogen-bond acceptors (Lipinski definition) is 7. The Morgan fingerprint density at radius 3 is 2.27 bits per heavy atom. The van der Waals surface area contributed by atoms with Crippen molar-refractivity contribution in [3.63, 3.8) is 0 Å². The molecule has 4 heterocycles. The van der Waals surface area contributed by atoms with E-state index in [0.717, 1.165) is 32.5 Å². The van der Waals surface area contributed by atoms with Gasteiger partial charge in [0.1, 0.15) is 6.10 Å². The molecule has 2 saturated heterocycles. The number of carboxylic acids is 2. The number of halogens is 6. The Labute approximate surface area is 206 Å². The summed E-state index contributed by atoms with van der Waals surface area (Å²) in [5, 5.41) is 18.5. The molecule has 2 aliphatic heterocycles. The number of alkyl halides is 6. The lowest BCUT2D eigenvalue weighted by atomic mass is 9.98. The highest BCUT2D eigenvalue weighted by Gasteiger charge is 2.46. The third kappa shape index (κ3) is 9.87. The van der Waals surface area contributed by atoms with Crippen LogP contribution in [0.1, 0.15) is 18.4 Å². The summed E-state index contributed by atoms with van der Waals surface area (Å²) in [4.78, 5) is 24.5. The maximum atomic E-state index is 10.6. The van der Waals surface area contributed by atoms with Crippen LogP contribution in [-0.4, -0.2) is 85.6 Å². The molecule has 0 bridgehead atoms. The number of hydrogen-bond donors (Lipinski definition) is 2. The number of likely N-dealkylation sites (tertiary alicyclic amines) is 1. The van der Waals surface area contributed by atoms with Gasteiger partial charge in [0.05, 0.1) is 18.4 Å². The van der Waals surface area contributed by atoms with Crippen molar-refractivity contribution in [1.82, 2.24) is 19.7 Å². The molecule has 2 aromatic rings. The maximum absolute atomic E-state index is 10.6. The van der Waals surface area contributed by atoms with E-state index in [2.05, 4.69) is 21.2 Å². The van der Waals surface area contributed by atoms with Crippen molar-refractivity contribution < 1.29 is 55.6 Å². The Balaban J connectivity index is 0.000000286. The summed E-state index contributed by atoms with van der Waals surface area (Å²) >= 11 is 0. The average molecular weight is 542 g/mol. The van der Waals surface area contributed by atoms with Gasteiger partial charge < -0.3 is 19.7 Å². The van der Waals surface area contributed by atoms with Crippen molar-refractivity contribution in [2.45, 2.75) is 43.4 Å². The minimum atomic E-state index is -5.08. The van der Waals surface area contributed by atoms with Crippen LogP contribution in [0.2, 0.25) is 0 Å². The molecule has 0 amide bonds. The van der Waals surface area contributed by atoms with Crippen molar-refractivity contribution in [1.29, 1.82) is 0 Å². The second-order valence-electron chi connectivity index (χ2n) is 8.19. The molecule has 2 fully saturated rings. The van der Waals surface area contributed by atoms with E-state index in [0.29, 0.717) is 12.5 Å². The molecule has 37 heavy (non-hydrogen) atoms. The van der Waals surface area contributed by atoms with Crippen LogP contribution in [0.5, 0.6) is 5.88 Å². The van der Waals surface area contributed by atoms with Gasteiger partial charge in [-0.1, -0.05) is 6.07 Å². The second-order valence-corrected chi connectivity index (χ2v) is 8.19. The minimum absolute atomic E-state index is 0.0539. The Kier molecular flexibility index (Phi) is 9.86. The highest BCUT2D eigenvalue weighted by Crippen LogP contribution is 2.36. The molecule has 16 heteroatoms. The lowest BCUT2D eigenvalue weighted by Crippen LogP contribution is -2.33. The van der Waals surface area contributed by atoms with Crippen LogP contribution in [-0.2, 0) is 27.9 Å². The summed E-state index contributed by atoms with van der Waals surface area (Å²) in [6.45, 7) is 3.61. The van der Waals surface area contributed by atoms with Crippen molar-refractivity contribution >= 4 is 11.9 Å². The number of aryl methyl sites for hydroxylation is 1. The molecule has 1 spiro atoms. The van der Waals surface area contributed by atoms with Crippen LogP contribution >= 0.6 is 0 Å². The number of nitrogens with zero attached hydrogens (tertiary/aromatic N) is 4. The average Bonchev–Trinajstić information content (AvgIpc) is 3.50. The number of carbonyl (C=O) groups is 2. The smallest absolute Gasteiger partial charge is 0.475 e. The molecule has 4 rings (SSSR count). The van der Waals surface area contributed by atoms with Crippen molar-refractivity contribution in [3.8, 4) is 5.88 Å². The van der Waals surface area contributed by atoms with E-state index in [4.69, 9.17) is 29.3 Å². The van der Waals surface area contributed by atoms with Gasteiger partial charge in [0.25, 0.3) is 0 Å². The van der Waals surface area contributed by atoms with E-state index >= 15 is 0 Å². The zero-order valence-electron chi connectivity index (χ0n) is 19.4. The van der Waals surface area contributed by atoms with Gasteiger partial charge >= 0.3 is 24.3 Å². The number of ether oxygens (including phenoxy) is 2. The van der Waals surface area contributed by atoms with E-state index in [9.17, 15) is 26.3 Å². The van der Waals surface area contributed by atoms with Crippen molar-refractivity contribution in [2.24, 2.45) is 7.05 Å². The van der Waals surface area contributed by atoms with Gasteiger partial charge in [-0.2, -0.15) is 31.4 Å². The first-order valence-corrected chi connectivity index (χ1v) is 10.6. The molecule has 0 radical (unpaired) electrons. The molecule has 2 aromatic heterocycles. The maximum Gasteiger partial charge on any atom is 0.490 e. The predicted molar refractivity (Wildman–Crippen MR) is 112 cm³/mol. The third-order valence-corrected chi connectivity index (χ3v) is 5.15. The first-order chi connectivity index (χ1) is 17.1. The van der Waals surface area contributed by atoms with Crippen molar-refractivity contribution in [2.75, 3.05) is 19.7 Å². The molecular weight excluding hydrogens is 518 g/mol. The first-order valence-electron chi connectivity index (χ1n) is 10.6. The number of aliphatic carboxylic acids is 2. The standard InChI is InChI=1S/C17H22N4O2.2C2HF3O2/c1-20-10-14(9-19-20)11-21-7-5-17(13-21)8-15(12-22-17)23-16-4-2-3-6-18-16;2*3-2(4,5)1(6)7/h2-4,6,9-10,15H,5,7-8,11-13H2,1H3;2*(H,6,7)/t15-,17-;;/m0../s1. The van der Waals surface area contributed by atoms with Gasteiger partial charge in [-0.25, -0.2) is 14.6 Å². The molecule has 2 aliphatic rings. The fraction of sp³-hybridized carbons (Fsp3) is 0.524. The fourth-order valence-electron chi connectivity index (χ4n) is 3.62. The van der Waals surface area contributed by atoms with E-state index < -0.39 is 24.3 Å². The molecule has 2 atom stereocenters. The summed E-state index contributed by atoms with van der Waals surface area (Å²) in [5.41, 5.74) is 1.20. The Bertz CT molecular complexity index is 1010. The van der Waals surface area contributed by atoms with Gasteiger partial charge in [0.2, 0.25) is 5.88 Å². The summed E-state index contributed by atoms with van der Waals surface area (Å²) in [6.07, 6.45) is -2.29. The Hall–Kier alpha value is -3.40. The molecule has 0 aromatic carbocycles. The zero-order chi connectivity index (χ0) is 27.9. The van der Waals surface area contributed by atoms with E-state index in [-0.39, 0.29) is 11.7 Å². The zero-order valence-corrected chi connectivity index (χ0v) is 19.4. The van der Waals surface area contributed by atoms with Crippen LogP contribution in [0.4, 0.5) is 26.3 Å². The van der Waals surface area contributed by atoms with Crippen LogP contribution in [0.15, 0.2) is 36.8 Å². The van der Waals surface area contributed by atoms with E-state index in [1.165, 1.54) is 5.56 Å². The number of carboxylic acid groups (broad SMARTS) is 2. The van der Waals surface area contributed by atoms with Crippen LogP contribution in [0, 0.1) is 0 Å². The van der Waals surface area contributed by atoms with E-state index in [1.54, 1.807) is 6.20 Å². The van der Waals surface area contributed by atoms with Crippen molar-refractivity contribution in [3.05, 3.63) is 42.4 Å². The largest absolute Gasteiger partial charge is 0.490 e. The molecule has 0 saturated carbocycles. The summed E-state index contributed by atoms with van der Waals surface area (Å²) in [7, 11) is 1.95. The third-order valence-electron chi connectivity index (χ3n) is 5.15. The molecular formula is C21H24F6N4O6. The lowest BCUT2D eigenvalue weighted by Gasteiger charge is -2.23. The van der Waals surface area contributed by atoms with Crippen LogP contribution in [0.25, 0.3) is 0 Å². The quantitative estimate of drug-likeness (QED) is 0.561. The van der Waals surface area contributed by atoms with Gasteiger partial charge in [-0.3, -0.25) is 9.58 Å². The SMILES string of the molecule is Cn1cc(CN2CC[C@]3(C[C@H](Oc4ccccn4)CO3)C2)cn1.O=C(O)C(F)(F)F.O=C(O)C(F)(F)F. The molecule has 10 nitrogen and oxygen atoms in total. The Morgan fingerprint density at radius 1 is 1.16 bits per heavy atom. The fourth-order valence-corrected chi connectivity index (χ4v) is 3.62. The molecule has 0 aliphatic carbocycles. The molecule has 0 unspecified atom stereocenters. The topological polar surface area (TPSA) is 127 Å². The number of pyridine rings is 1. The van der Waals surface area contributed by atoms with Gasteiger partial charge in [-0.05, 0) is 12.5 Å². The molecule has 206 valence electrons. The second kappa shape index (κ2) is 12.2. The monoisotopic (exact) mass is 542 g/mol. The normalized spacial score (nSPS) is 21.5. The Morgan fingerprint density at radius 2 is 1.78 bits per heavy atom. The lowest BCUT2D eigenvalue weighted by molar-refractivity contribution is -0.193. The number of rotatable bonds is 4. The number of aromatic nitrogens is 3. The van der Waals surface area contributed by atoms with E-state index in [1.807, 2.05) is 36.1 Å². The molecule has 2 N–H and O–H groups in total. The highest BCUT2D eigenvalue weighted by atomic mass is 19.4. The van der Waals surface area contributed by atoms with Gasteiger partial charge in [0, 0.05) is 57.1 Å². The summed E-state index contributed by atoms with van der Waals surface area (Å²) < 4.78 is 77.4. The van der Waals surface area contributed by atoms with Gasteiger partial charge in [0.15, 0.2) is 0 Å². The summed E-state index contributed by atoms with van der Waals surface area (Å²) in [5.74, 6) is -4.83. The van der Waals surface area contributed by atoms with Crippen LogP contribution < -0.4 is 4.74 Å². The predicted octanol–water partition coefficient (Wildman–Crippen LogP) is 2.89. The van der Waals surface area contributed by atoms with Gasteiger partial charge in [-0.15, -0.1) is 0 Å². The highest BCUT2D eigenvalue weighted by molar-refractivity contribution is 5.73. The first kappa shape index (κ1) is 29.8.